The number of aliphatic hydroxyl groups is 1. The molecule has 1 aliphatic heterocycles. The highest BCUT2D eigenvalue weighted by Gasteiger charge is 2.35. The number of hydrogen-bond acceptors (Lipinski definition) is 4. The molecule has 1 aliphatic rings. The number of nitrogens with zero attached hydrogens (tertiary/aromatic N) is 3. The molecular formula is C14H20FN3O2. The predicted octanol–water partition coefficient (Wildman–Crippen LogP) is 0.749. The average Bonchev–Trinajstić information content (AvgIpc) is 2.36. The highest BCUT2D eigenvalue weighted by molar-refractivity contribution is 5.94. The van der Waals surface area contributed by atoms with Crippen LogP contribution in [0.3, 0.4) is 0 Å². The molecule has 0 saturated carbocycles. The Morgan fingerprint density at radius 3 is 2.95 bits per heavy atom. The van der Waals surface area contributed by atoms with E-state index in [1.165, 1.54) is 12.3 Å². The van der Waals surface area contributed by atoms with E-state index < -0.39 is 11.4 Å². The average molecular weight is 281 g/mol. The van der Waals surface area contributed by atoms with Crippen LogP contribution in [-0.2, 0) is 0 Å². The fraction of sp³-hybridized carbons (Fsp3) is 0.571. The van der Waals surface area contributed by atoms with Crippen molar-refractivity contribution < 1.29 is 14.3 Å². The van der Waals surface area contributed by atoms with Gasteiger partial charge < -0.3 is 14.9 Å². The van der Waals surface area contributed by atoms with Gasteiger partial charge in [-0.1, -0.05) is 0 Å². The number of likely N-dealkylation sites (tertiary alicyclic amines) is 1. The molecule has 1 amide bonds. The van der Waals surface area contributed by atoms with E-state index in [2.05, 4.69) is 4.98 Å². The highest BCUT2D eigenvalue weighted by atomic mass is 19.1. The summed E-state index contributed by atoms with van der Waals surface area (Å²) >= 11 is 0. The number of carbonyl (C=O) groups is 1. The highest BCUT2D eigenvalue weighted by Crippen LogP contribution is 2.23. The van der Waals surface area contributed by atoms with Crippen LogP contribution < -0.4 is 0 Å². The Morgan fingerprint density at radius 2 is 2.30 bits per heavy atom. The first kappa shape index (κ1) is 14.9. The van der Waals surface area contributed by atoms with Crippen LogP contribution in [0.15, 0.2) is 18.5 Å². The van der Waals surface area contributed by atoms with Gasteiger partial charge in [0, 0.05) is 19.3 Å². The SMILES string of the molecule is CN(C)CC1(O)CCCN(C(=O)c2cncc(F)c2)C1. The molecular weight excluding hydrogens is 261 g/mol. The summed E-state index contributed by atoms with van der Waals surface area (Å²) in [7, 11) is 3.77. The first-order valence-corrected chi connectivity index (χ1v) is 6.67. The topological polar surface area (TPSA) is 56.7 Å². The van der Waals surface area contributed by atoms with Crippen LogP contribution in [0.5, 0.6) is 0 Å². The van der Waals surface area contributed by atoms with Gasteiger partial charge in [-0.05, 0) is 33.0 Å². The van der Waals surface area contributed by atoms with Gasteiger partial charge in [-0.15, -0.1) is 0 Å². The normalized spacial score (nSPS) is 23.1. The third-order valence-corrected chi connectivity index (χ3v) is 3.40. The van der Waals surface area contributed by atoms with Crippen molar-refractivity contribution in [1.82, 2.24) is 14.8 Å². The van der Waals surface area contributed by atoms with E-state index in [4.69, 9.17) is 0 Å². The van der Waals surface area contributed by atoms with E-state index in [0.29, 0.717) is 19.5 Å². The molecule has 2 rings (SSSR count). The van der Waals surface area contributed by atoms with Gasteiger partial charge in [-0.3, -0.25) is 9.78 Å². The van der Waals surface area contributed by atoms with Gasteiger partial charge in [0.15, 0.2) is 0 Å². The van der Waals surface area contributed by atoms with Crippen LogP contribution in [0.25, 0.3) is 0 Å². The first-order valence-electron chi connectivity index (χ1n) is 6.67. The summed E-state index contributed by atoms with van der Waals surface area (Å²) in [6.45, 7) is 1.34. The molecule has 0 bridgehead atoms. The van der Waals surface area contributed by atoms with Crippen LogP contribution in [0, 0.1) is 5.82 Å². The second-order valence-electron chi connectivity index (χ2n) is 5.68. The standard InChI is InChI=1S/C14H20FN3O2/c1-17(2)9-14(20)4-3-5-18(10-14)13(19)11-6-12(15)8-16-7-11/h6-8,20H,3-5,9-10H2,1-2H3. The van der Waals surface area contributed by atoms with Gasteiger partial charge in [0.2, 0.25) is 0 Å². The third-order valence-electron chi connectivity index (χ3n) is 3.40. The van der Waals surface area contributed by atoms with Crippen molar-refractivity contribution in [3.05, 3.63) is 29.8 Å². The van der Waals surface area contributed by atoms with E-state index >= 15 is 0 Å². The lowest BCUT2D eigenvalue weighted by Crippen LogP contribution is -2.54. The van der Waals surface area contributed by atoms with Gasteiger partial charge >= 0.3 is 0 Å². The molecule has 1 N–H and O–H groups in total. The zero-order valence-electron chi connectivity index (χ0n) is 11.8. The molecule has 1 saturated heterocycles. The van der Waals surface area contributed by atoms with Crippen LogP contribution in [0.1, 0.15) is 23.2 Å². The van der Waals surface area contributed by atoms with Crippen LogP contribution >= 0.6 is 0 Å². The molecule has 2 heterocycles. The summed E-state index contributed by atoms with van der Waals surface area (Å²) < 4.78 is 13.1. The van der Waals surface area contributed by atoms with Crippen molar-refractivity contribution >= 4 is 5.91 Å². The lowest BCUT2D eigenvalue weighted by Gasteiger charge is -2.40. The lowest BCUT2D eigenvalue weighted by atomic mass is 9.92. The number of halogens is 1. The van der Waals surface area contributed by atoms with Crippen molar-refractivity contribution in [2.75, 3.05) is 33.7 Å². The van der Waals surface area contributed by atoms with E-state index in [-0.39, 0.29) is 18.0 Å². The Morgan fingerprint density at radius 1 is 1.55 bits per heavy atom. The summed E-state index contributed by atoms with van der Waals surface area (Å²) in [5.41, 5.74) is -0.683. The molecule has 1 atom stereocenters. The van der Waals surface area contributed by atoms with Crippen LogP contribution in [0.4, 0.5) is 4.39 Å². The van der Waals surface area contributed by atoms with E-state index in [9.17, 15) is 14.3 Å². The number of carbonyl (C=O) groups excluding carboxylic acids is 1. The maximum absolute atomic E-state index is 13.1. The maximum atomic E-state index is 13.1. The molecule has 0 aromatic carbocycles. The van der Waals surface area contributed by atoms with E-state index in [1.54, 1.807) is 4.90 Å². The minimum Gasteiger partial charge on any atom is -0.387 e. The zero-order valence-corrected chi connectivity index (χ0v) is 11.8. The van der Waals surface area contributed by atoms with Crippen molar-refractivity contribution in [3.63, 3.8) is 0 Å². The lowest BCUT2D eigenvalue weighted by molar-refractivity contribution is -0.0391. The smallest absolute Gasteiger partial charge is 0.255 e. The number of likely N-dealkylation sites (N-methyl/N-ethyl adjacent to an activating group) is 1. The van der Waals surface area contributed by atoms with Crippen LogP contribution in [-0.4, -0.2) is 65.1 Å². The number of amides is 1. The molecule has 1 aromatic heterocycles. The molecule has 110 valence electrons. The summed E-state index contributed by atoms with van der Waals surface area (Å²) in [5.74, 6) is -0.815. The third kappa shape index (κ3) is 3.52. The van der Waals surface area contributed by atoms with E-state index in [0.717, 1.165) is 12.6 Å². The fourth-order valence-electron chi connectivity index (χ4n) is 2.71. The molecule has 0 radical (unpaired) electrons. The Kier molecular flexibility index (Phi) is 4.35. The number of rotatable bonds is 3. The minimum absolute atomic E-state index is 0.221. The molecule has 0 spiro atoms. The zero-order chi connectivity index (χ0) is 14.8. The number of piperidine rings is 1. The van der Waals surface area contributed by atoms with Crippen molar-refractivity contribution in [1.29, 1.82) is 0 Å². The van der Waals surface area contributed by atoms with E-state index in [1.807, 2.05) is 19.0 Å². The summed E-state index contributed by atoms with van der Waals surface area (Å²) in [4.78, 5) is 19.5. The number of pyridine rings is 1. The molecule has 1 unspecified atom stereocenters. The largest absolute Gasteiger partial charge is 0.387 e. The van der Waals surface area contributed by atoms with Gasteiger partial charge in [-0.25, -0.2) is 4.39 Å². The Hall–Kier alpha value is -1.53. The molecule has 6 heteroatoms. The van der Waals surface area contributed by atoms with Gasteiger partial charge in [0.05, 0.1) is 23.9 Å². The summed E-state index contributed by atoms with van der Waals surface area (Å²) in [6.07, 6.45) is 3.82. The molecule has 1 aromatic rings. The van der Waals surface area contributed by atoms with Gasteiger partial charge in [0.25, 0.3) is 5.91 Å². The maximum Gasteiger partial charge on any atom is 0.255 e. The van der Waals surface area contributed by atoms with Gasteiger partial charge in [0.1, 0.15) is 5.82 Å². The molecule has 0 aliphatic carbocycles. The monoisotopic (exact) mass is 281 g/mol. The van der Waals surface area contributed by atoms with Crippen LogP contribution in [0.2, 0.25) is 0 Å². The minimum atomic E-state index is -0.905. The fourth-order valence-corrected chi connectivity index (χ4v) is 2.71. The second-order valence-corrected chi connectivity index (χ2v) is 5.68. The summed E-state index contributed by atoms with van der Waals surface area (Å²) in [6, 6.07) is 1.18. The number of β-amino-alcohol motifs (C(OH)–C–C–N with tert-alkyl or cyclic N) is 1. The molecule has 1 fully saturated rings. The molecule has 5 nitrogen and oxygen atoms in total. The van der Waals surface area contributed by atoms with Gasteiger partial charge in [-0.2, -0.15) is 0 Å². The predicted molar refractivity (Wildman–Crippen MR) is 72.8 cm³/mol. The van der Waals surface area contributed by atoms with Crippen molar-refractivity contribution in [3.8, 4) is 0 Å². The summed E-state index contributed by atoms with van der Waals surface area (Å²) in [5, 5.41) is 10.5. The Labute approximate surface area is 118 Å². The Bertz CT molecular complexity index is 495. The molecule has 20 heavy (non-hydrogen) atoms. The first-order chi connectivity index (χ1) is 9.39. The van der Waals surface area contributed by atoms with Crippen molar-refractivity contribution in [2.24, 2.45) is 0 Å². The number of hydrogen-bond donors (Lipinski definition) is 1. The van der Waals surface area contributed by atoms with Crippen molar-refractivity contribution in [2.45, 2.75) is 18.4 Å². The Balaban J connectivity index is 2.10. The number of aromatic nitrogens is 1. The quantitative estimate of drug-likeness (QED) is 0.888. The second kappa shape index (κ2) is 5.85.